The van der Waals surface area contributed by atoms with Gasteiger partial charge in [-0.15, -0.1) is 0 Å². The van der Waals surface area contributed by atoms with E-state index in [4.69, 9.17) is 4.74 Å². The molecule has 0 aliphatic carbocycles. The predicted molar refractivity (Wildman–Crippen MR) is 124 cm³/mol. The second kappa shape index (κ2) is 11.8. The predicted octanol–water partition coefficient (Wildman–Crippen LogP) is 3.26. The summed E-state index contributed by atoms with van der Waals surface area (Å²) in [7, 11) is 1.88. The summed E-state index contributed by atoms with van der Waals surface area (Å²) in [4.78, 5) is 23.7. The molecular formula is C23H45N5O2. The van der Waals surface area contributed by atoms with E-state index in [2.05, 4.69) is 27.0 Å². The average Bonchev–Trinajstić information content (AvgIpc) is 3.14. The summed E-state index contributed by atoms with van der Waals surface area (Å²) in [6.45, 7) is 18.1. The molecule has 2 fully saturated rings. The molecule has 174 valence electrons. The van der Waals surface area contributed by atoms with Gasteiger partial charge in [-0.05, 0) is 78.3 Å². The number of carbonyl (C=O) groups is 1. The Hall–Kier alpha value is -1.50. The van der Waals surface area contributed by atoms with Crippen molar-refractivity contribution >= 4 is 12.1 Å². The fourth-order valence-electron chi connectivity index (χ4n) is 4.46. The quantitative estimate of drug-likeness (QED) is 0.503. The molecule has 1 atom stereocenters. The fourth-order valence-corrected chi connectivity index (χ4v) is 4.46. The maximum Gasteiger partial charge on any atom is 0.410 e. The standard InChI is InChI=1S/C23H45N5O2/c1-7-12-26-13-9-20(17-26)16-25-21(24-6)28-14-10-19(11-15-28)18-27(8-2)22(29)30-23(3,4)5/h19-20H,7-18H2,1-6H3,(H,24,25). The monoisotopic (exact) mass is 423 g/mol. The van der Waals surface area contributed by atoms with Crippen LogP contribution >= 0.6 is 0 Å². The summed E-state index contributed by atoms with van der Waals surface area (Å²) in [5.74, 6) is 2.27. The van der Waals surface area contributed by atoms with Gasteiger partial charge < -0.3 is 24.8 Å². The van der Waals surface area contributed by atoms with E-state index in [0.29, 0.717) is 12.5 Å². The van der Waals surface area contributed by atoms with Crippen molar-refractivity contribution in [1.29, 1.82) is 0 Å². The largest absolute Gasteiger partial charge is 0.444 e. The Labute approximate surface area is 184 Å². The maximum atomic E-state index is 12.4. The normalized spacial score (nSPS) is 21.7. The Kier molecular flexibility index (Phi) is 9.72. The summed E-state index contributed by atoms with van der Waals surface area (Å²) in [6, 6.07) is 0. The van der Waals surface area contributed by atoms with Gasteiger partial charge in [-0.25, -0.2) is 4.79 Å². The molecular weight excluding hydrogens is 378 g/mol. The van der Waals surface area contributed by atoms with Crippen LogP contribution in [0.25, 0.3) is 0 Å². The van der Waals surface area contributed by atoms with E-state index >= 15 is 0 Å². The highest BCUT2D eigenvalue weighted by molar-refractivity contribution is 5.80. The zero-order valence-corrected chi connectivity index (χ0v) is 20.2. The van der Waals surface area contributed by atoms with Crippen LogP contribution in [0.15, 0.2) is 4.99 Å². The van der Waals surface area contributed by atoms with Gasteiger partial charge >= 0.3 is 6.09 Å². The number of carbonyl (C=O) groups excluding carboxylic acids is 1. The van der Waals surface area contributed by atoms with Gasteiger partial charge in [-0.3, -0.25) is 4.99 Å². The minimum Gasteiger partial charge on any atom is -0.444 e. The number of ether oxygens (including phenoxy) is 1. The van der Waals surface area contributed by atoms with Crippen LogP contribution in [0.5, 0.6) is 0 Å². The van der Waals surface area contributed by atoms with Crippen LogP contribution in [-0.2, 0) is 4.74 Å². The number of aliphatic imine (C=N–C) groups is 1. The number of piperidine rings is 1. The summed E-state index contributed by atoms with van der Waals surface area (Å²) in [6.07, 6.45) is 4.48. The summed E-state index contributed by atoms with van der Waals surface area (Å²) >= 11 is 0. The molecule has 1 unspecified atom stereocenters. The molecule has 2 rings (SSSR count). The lowest BCUT2D eigenvalue weighted by Crippen LogP contribution is -2.48. The highest BCUT2D eigenvalue weighted by atomic mass is 16.6. The Morgan fingerprint density at radius 1 is 1.13 bits per heavy atom. The smallest absolute Gasteiger partial charge is 0.410 e. The lowest BCUT2D eigenvalue weighted by atomic mass is 9.96. The van der Waals surface area contributed by atoms with Crippen molar-refractivity contribution in [2.24, 2.45) is 16.8 Å². The summed E-state index contributed by atoms with van der Waals surface area (Å²) in [5, 5.41) is 3.62. The molecule has 30 heavy (non-hydrogen) atoms. The lowest BCUT2D eigenvalue weighted by Gasteiger charge is -2.36. The second-order valence-electron chi connectivity index (χ2n) is 9.83. The van der Waals surface area contributed by atoms with Gasteiger partial charge in [0.25, 0.3) is 0 Å². The first-order valence-electron chi connectivity index (χ1n) is 11.9. The van der Waals surface area contributed by atoms with Gasteiger partial charge in [0.2, 0.25) is 0 Å². The molecule has 2 saturated heterocycles. The number of guanidine groups is 1. The molecule has 2 aliphatic heterocycles. The topological polar surface area (TPSA) is 60.4 Å². The zero-order valence-electron chi connectivity index (χ0n) is 20.2. The van der Waals surface area contributed by atoms with Gasteiger partial charge in [-0.2, -0.15) is 0 Å². The molecule has 0 bridgehead atoms. The van der Waals surface area contributed by atoms with Crippen molar-refractivity contribution in [3.05, 3.63) is 0 Å². The third-order valence-corrected chi connectivity index (χ3v) is 6.10. The number of nitrogens with one attached hydrogen (secondary N) is 1. The molecule has 7 nitrogen and oxygen atoms in total. The van der Waals surface area contributed by atoms with Gasteiger partial charge in [-0.1, -0.05) is 6.92 Å². The molecule has 1 N–H and O–H groups in total. The SMILES string of the molecule is CCCN1CCC(CNC(=NC)N2CCC(CN(CC)C(=O)OC(C)(C)C)CC2)C1. The third-order valence-electron chi connectivity index (χ3n) is 6.10. The van der Waals surface area contributed by atoms with Crippen LogP contribution in [0.4, 0.5) is 4.79 Å². The van der Waals surface area contributed by atoms with Crippen LogP contribution < -0.4 is 5.32 Å². The maximum absolute atomic E-state index is 12.4. The van der Waals surface area contributed by atoms with E-state index in [-0.39, 0.29) is 6.09 Å². The van der Waals surface area contributed by atoms with Crippen molar-refractivity contribution in [1.82, 2.24) is 20.0 Å². The van der Waals surface area contributed by atoms with Crippen LogP contribution in [0.1, 0.15) is 60.3 Å². The van der Waals surface area contributed by atoms with E-state index in [1.807, 2.05) is 39.6 Å². The highest BCUT2D eigenvalue weighted by Gasteiger charge is 2.28. The van der Waals surface area contributed by atoms with Crippen LogP contribution in [-0.4, -0.2) is 91.8 Å². The number of nitrogens with zero attached hydrogens (tertiary/aromatic N) is 4. The van der Waals surface area contributed by atoms with Crippen molar-refractivity contribution in [2.75, 3.05) is 59.4 Å². The van der Waals surface area contributed by atoms with Crippen LogP contribution in [0.2, 0.25) is 0 Å². The molecule has 0 aromatic rings. The summed E-state index contributed by atoms with van der Waals surface area (Å²) in [5.41, 5.74) is -0.446. The van der Waals surface area contributed by atoms with Crippen LogP contribution in [0, 0.1) is 11.8 Å². The molecule has 2 aliphatic rings. The number of hydrogen-bond donors (Lipinski definition) is 1. The molecule has 2 heterocycles. The van der Waals surface area contributed by atoms with E-state index in [1.165, 1.54) is 32.5 Å². The first-order valence-corrected chi connectivity index (χ1v) is 11.9. The average molecular weight is 424 g/mol. The van der Waals surface area contributed by atoms with Crippen LogP contribution in [0.3, 0.4) is 0 Å². The van der Waals surface area contributed by atoms with Gasteiger partial charge in [0, 0.05) is 46.3 Å². The third kappa shape index (κ3) is 7.97. The van der Waals surface area contributed by atoms with Crippen molar-refractivity contribution in [3.8, 4) is 0 Å². The Bertz CT molecular complexity index is 552. The minimum atomic E-state index is -0.446. The number of hydrogen-bond acceptors (Lipinski definition) is 4. The van der Waals surface area contributed by atoms with Crippen molar-refractivity contribution in [2.45, 2.75) is 65.9 Å². The summed E-state index contributed by atoms with van der Waals surface area (Å²) < 4.78 is 5.56. The van der Waals surface area contributed by atoms with E-state index in [0.717, 1.165) is 50.9 Å². The van der Waals surface area contributed by atoms with Gasteiger partial charge in [0.05, 0.1) is 0 Å². The number of likely N-dealkylation sites (tertiary alicyclic amines) is 2. The van der Waals surface area contributed by atoms with Gasteiger partial charge in [0.1, 0.15) is 5.60 Å². The van der Waals surface area contributed by atoms with Crippen molar-refractivity contribution < 1.29 is 9.53 Å². The Morgan fingerprint density at radius 3 is 2.37 bits per heavy atom. The Balaban J connectivity index is 1.74. The van der Waals surface area contributed by atoms with E-state index < -0.39 is 5.60 Å². The molecule has 0 saturated carbocycles. The van der Waals surface area contributed by atoms with E-state index in [1.54, 1.807) is 0 Å². The minimum absolute atomic E-state index is 0.196. The Morgan fingerprint density at radius 2 is 1.80 bits per heavy atom. The lowest BCUT2D eigenvalue weighted by molar-refractivity contribution is 0.0214. The molecule has 1 amide bonds. The second-order valence-corrected chi connectivity index (χ2v) is 9.83. The molecule has 7 heteroatoms. The van der Waals surface area contributed by atoms with Gasteiger partial charge in [0.15, 0.2) is 5.96 Å². The van der Waals surface area contributed by atoms with E-state index in [9.17, 15) is 4.79 Å². The molecule has 0 aromatic carbocycles. The molecule has 0 radical (unpaired) electrons. The first-order chi connectivity index (χ1) is 14.3. The number of amides is 1. The fraction of sp³-hybridized carbons (Fsp3) is 0.913. The number of rotatable bonds is 7. The molecule has 0 aromatic heterocycles. The van der Waals surface area contributed by atoms with Crippen molar-refractivity contribution in [3.63, 3.8) is 0 Å². The molecule has 0 spiro atoms. The zero-order chi connectivity index (χ0) is 22.1. The highest BCUT2D eigenvalue weighted by Crippen LogP contribution is 2.21. The first kappa shape index (κ1) is 24.8.